The molecule has 2 heterocycles. The average molecular weight is 210 g/mol. The Balaban J connectivity index is 1.62. The van der Waals surface area contributed by atoms with Crippen LogP contribution < -0.4 is 10.6 Å². The molecule has 14 heavy (non-hydrogen) atoms. The highest BCUT2D eigenvalue weighted by atomic mass is 32.1. The largest absolute Gasteiger partial charge is 0.377 e. The maximum Gasteiger partial charge on any atom is 0.0882 e. The Kier molecular flexibility index (Phi) is 3.83. The van der Waals surface area contributed by atoms with Crippen LogP contribution in [0.2, 0.25) is 0 Å². The van der Waals surface area contributed by atoms with Gasteiger partial charge in [0, 0.05) is 6.54 Å². The number of piperidine rings is 1. The van der Waals surface area contributed by atoms with E-state index in [1.807, 2.05) is 0 Å². The van der Waals surface area contributed by atoms with Gasteiger partial charge in [0.15, 0.2) is 0 Å². The van der Waals surface area contributed by atoms with Crippen LogP contribution in [0.4, 0.5) is 5.00 Å². The molecule has 2 N–H and O–H groups in total. The molecule has 78 valence electrons. The van der Waals surface area contributed by atoms with E-state index in [0.29, 0.717) is 0 Å². The lowest BCUT2D eigenvalue weighted by Gasteiger charge is -2.22. The first-order valence-electron chi connectivity index (χ1n) is 5.43. The zero-order chi connectivity index (χ0) is 9.64. The van der Waals surface area contributed by atoms with Gasteiger partial charge in [0.1, 0.15) is 0 Å². The molecule has 1 saturated heterocycles. The Morgan fingerprint density at radius 2 is 2.29 bits per heavy atom. The molecule has 0 bridgehead atoms. The minimum Gasteiger partial charge on any atom is -0.377 e. The van der Waals surface area contributed by atoms with E-state index in [4.69, 9.17) is 0 Å². The van der Waals surface area contributed by atoms with Crippen molar-refractivity contribution in [3.63, 3.8) is 0 Å². The zero-order valence-electron chi connectivity index (χ0n) is 8.46. The molecule has 0 atom stereocenters. The molecule has 3 heteroatoms. The van der Waals surface area contributed by atoms with Gasteiger partial charge in [-0.2, -0.15) is 0 Å². The molecule has 0 aromatic carbocycles. The minimum absolute atomic E-state index is 0.934. The predicted octanol–water partition coefficient (Wildman–Crippen LogP) is 2.55. The lowest BCUT2D eigenvalue weighted by Crippen LogP contribution is -2.28. The Hall–Kier alpha value is -0.540. The Labute approximate surface area is 89.7 Å². The van der Waals surface area contributed by atoms with E-state index in [0.717, 1.165) is 12.5 Å². The molecule has 1 aliphatic heterocycles. The van der Waals surface area contributed by atoms with Crippen molar-refractivity contribution in [2.75, 3.05) is 25.0 Å². The van der Waals surface area contributed by atoms with Gasteiger partial charge in [-0.25, -0.2) is 0 Å². The van der Waals surface area contributed by atoms with E-state index >= 15 is 0 Å². The normalized spacial score (nSPS) is 18.3. The number of hydrogen-bond acceptors (Lipinski definition) is 3. The lowest BCUT2D eigenvalue weighted by atomic mass is 9.95. The van der Waals surface area contributed by atoms with E-state index in [9.17, 15) is 0 Å². The fourth-order valence-electron chi connectivity index (χ4n) is 1.95. The smallest absolute Gasteiger partial charge is 0.0882 e. The molecular formula is C11H18N2S. The summed E-state index contributed by atoms with van der Waals surface area (Å²) >= 11 is 1.79. The standard InChI is InChI=1S/C11H18N2S/c1-2-11(14-9-1)13-8-5-10-3-6-12-7-4-10/h1-2,9-10,12-13H,3-8H2. The van der Waals surface area contributed by atoms with Crippen LogP contribution in [0.25, 0.3) is 0 Å². The van der Waals surface area contributed by atoms with Crippen molar-refractivity contribution in [1.29, 1.82) is 0 Å². The highest BCUT2D eigenvalue weighted by Crippen LogP contribution is 2.18. The summed E-state index contributed by atoms with van der Waals surface area (Å²) in [6.45, 7) is 3.55. The zero-order valence-corrected chi connectivity index (χ0v) is 9.28. The Bertz CT molecular complexity index is 240. The highest BCUT2D eigenvalue weighted by Gasteiger charge is 2.11. The minimum atomic E-state index is 0.934. The van der Waals surface area contributed by atoms with Gasteiger partial charge >= 0.3 is 0 Å². The Morgan fingerprint density at radius 3 is 3.00 bits per heavy atom. The lowest BCUT2D eigenvalue weighted by molar-refractivity contribution is 0.361. The first kappa shape index (κ1) is 9.99. The monoisotopic (exact) mass is 210 g/mol. The second-order valence-electron chi connectivity index (χ2n) is 3.89. The van der Waals surface area contributed by atoms with Crippen LogP contribution in [-0.4, -0.2) is 19.6 Å². The summed E-state index contributed by atoms with van der Waals surface area (Å²) in [4.78, 5) is 0. The summed E-state index contributed by atoms with van der Waals surface area (Å²) in [6.07, 6.45) is 4.03. The van der Waals surface area contributed by atoms with Gasteiger partial charge in [0.2, 0.25) is 0 Å². The van der Waals surface area contributed by atoms with Crippen molar-refractivity contribution in [1.82, 2.24) is 5.32 Å². The summed E-state index contributed by atoms with van der Waals surface area (Å²) in [5, 5.41) is 10.3. The maximum atomic E-state index is 3.47. The van der Waals surface area contributed by atoms with Crippen LogP contribution in [0.3, 0.4) is 0 Å². The van der Waals surface area contributed by atoms with Gasteiger partial charge in [-0.15, -0.1) is 11.3 Å². The van der Waals surface area contributed by atoms with Gasteiger partial charge in [0.05, 0.1) is 5.00 Å². The van der Waals surface area contributed by atoms with E-state index in [1.165, 1.54) is 37.4 Å². The van der Waals surface area contributed by atoms with Gasteiger partial charge in [-0.3, -0.25) is 0 Å². The molecule has 0 radical (unpaired) electrons. The van der Waals surface area contributed by atoms with Crippen molar-refractivity contribution >= 4 is 16.3 Å². The topological polar surface area (TPSA) is 24.1 Å². The second kappa shape index (κ2) is 5.37. The maximum absolute atomic E-state index is 3.47. The van der Waals surface area contributed by atoms with E-state index in [1.54, 1.807) is 11.3 Å². The summed E-state index contributed by atoms with van der Waals surface area (Å²) in [5.41, 5.74) is 0. The van der Waals surface area contributed by atoms with Gasteiger partial charge in [-0.05, 0) is 55.8 Å². The molecule has 0 amide bonds. The highest BCUT2D eigenvalue weighted by molar-refractivity contribution is 7.14. The number of nitrogens with one attached hydrogen (secondary N) is 2. The predicted molar refractivity (Wildman–Crippen MR) is 63.0 cm³/mol. The van der Waals surface area contributed by atoms with Crippen LogP contribution in [0.15, 0.2) is 17.5 Å². The van der Waals surface area contributed by atoms with Crippen molar-refractivity contribution in [3.05, 3.63) is 17.5 Å². The number of rotatable bonds is 4. The number of thiophene rings is 1. The fraction of sp³-hybridized carbons (Fsp3) is 0.636. The van der Waals surface area contributed by atoms with Gasteiger partial charge < -0.3 is 10.6 Å². The van der Waals surface area contributed by atoms with Gasteiger partial charge in [0.25, 0.3) is 0 Å². The van der Waals surface area contributed by atoms with Crippen molar-refractivity contribution < 1.29 is 0 Å². The molecule has 1 aromatic heterocycles. The molecule has 0 aliphatic carbocycles. The average Bonchev–Trinajstić information content (AvgIpc) is 2.72. The third-order valence-electron chi connectivity index (χ3n) is 2.83. The summed E-state index contributed by atoms with van der Waals surface area (Å²) < 4.78 is 0. The van der Waals surface area contributed by atoms with Gasteiger partial charge in [-0.1, -0.05) is 0 Å². The summed E-state index contributed by atoms with van der Waals surface area (Å²) in [6, 6.07) is 4.24. The van der Waals surface area contributed by atoms with E-state index in [-0.39, 0.29) is 0 Å². The van der Waals surface area contributed by atoms with E-state index < -0.39 is 0 Å². The summed E-state index contributed by atoms with van der Waals surface area (Å²) in [5.74, 6) is 0.934. The summed E-state index contributed by atoms with van der Waals surface area (Å²) in [7, 11) is 0. The molecule has 2 rings (SSSR count). The SMILES string of the molecule is c1csc(NCCC2CCNCC2)c1. The van der Waals surface area contributed by atoms with E-state index in [2.05, 4.69) is 28.1 Å². The van der Waals surface area contributed by atoms with Crippen LogP contribution in [0, 0.1) is 5.92 Å². The molecule has 0 unspecified atom stereocenters. The van der Waals surface area contributed by atoms with Crippen molar-refractivity contribution in [3.8, 4) is 0 Å². The first-order valence-corrected chi connectivity index (χ1v) is 6.31. The van der Waals surface area contributed by atoms with Crippen LogP contribution in [0.5, 0.6) is 0 Å². The molecule has 0 spiro atoms. The molecule has 2 nitrogen and oxygen atoms in total. The first-order chi connectivity index (χ1) is 6.95. The van der Waals surface area contributed by atoms with Crippen molar-refractivity contribution in [2.24, 2.45) is 5.92 Å². The number of hydrogen-bond donors (Lipinski definition) is 2. The Morgan fingerprint density at radius 1 is 1.43 bits per heavy atom. The molecular weight excluding hydrogens is 192 g/mol. The third-order valence-corrected chi connectivity index (χ3v) is 3.66. The van der Waals surface area contributed by atoms with Crippen molar-refractivity contribution in [2.45, 2.75) is 19.3 Å². The second-order valence-corrected chi connectivity index (χ2v) is 4.83. The molecule has 0 saturated carbocycles. The molecule has 1 aliphatic rings. The third kappa shape index (κ3) is 3.00. The van der Waals surface area contributed by atoms with Crippen LogP contribution in [-0.2, 0) is 0 Å². The molecule has 1 aromatic rings. The van der Waals surface area contributed by atoms with Crippen LogP contribution >= 0.6 is 11.3 Å². The fourth-order valence-corrected chi connectivity index (χ4v) is 2.60. The molecule has 1 fully saturated rings. The quantitative estimate of drug-likeness (QED) is 0.798. The number of anilines is 1. The van der Waals surface area contributed by atoms with Crippen LogP contribution in [0.1, 0.15) is 19.3 Å².